The molecule has 1 unspecified atom stereocenters. The summed E-state index contributed by atoms with van der Waals surface area (Å²) in [5.41, 5.74) is 0. The van der Waals surface area contributed by atoms with Crippen molar-refractivity contribution in [3.8, 4) is 0 Å². The first-order valence-electron chi connectivity index (χ1n) is 5.87. The van der Waals surface area contributed by atoms with Crippen LogP contribution in [0.2, 0.25) is 0 Å². The van der Waals surface area contributed by atoms with Gasteiger partial charge >= 0.3 is 0 Å². The summed E-state index contributed by atoms with van der Waals surface area (Å²) in [6.07, 6.45) is 0. The molecule has 98 valence electrons. The van der Waals surface area contributed by atoms with E-state index in [2.05, 4.69) is 77.1 Å². The van der Waals surface area contributed by atoms with E-state index in [4.69, 9.17) is 0 Å². The van der Waals surface area contributed by atoms with Crippen LogP contribution in [-0.2, 0) is 0 Å². The third-order valence-corrected chi connectivity index (χ3v) is 2.69. The Bertz CT molecular complexity index is 194. The number of rotatable bonds is 7. The van der Waals surface area contributed by atoms with Crippen molar-refractivity contribution in [1.82, 2.24) is 10.2 Å². The van der Waals surface area contributed by atoms with Gasteiger partial charge in [0.2, 0.25) is 0 Å². The van der Waals surface area contributed by atoms with Crippen LogP contribution in [-0.4, -0.2) is 47.1 Å². The van der Waals surface area contributed by atoms with E-state index in [1.165, 1.54) is 0 Å². The number of likely N-dealkylation sites (N-methyl/N-ethyl adjacent to an activating group) is 1. The van der Waals surface area contributed by atoms with Crippen molar-refractivity contribution in [3.63, 3.8) is 0 Å². The molecule has 0 aromatic rings. The van der Waals surface area contributed by atoms with Crippen LogP contribution in [0.3, 0.4) is 0 Å². The zero-order chi connectivity index (χ0) is 13.0. The highest BCUT2D eigenvalue weighted by atomic mass is 32.1. The number of hydrogen-bond donors (Lipinski definition) is 3. The van der Waals surface area contributed by atoms with Gasteiger partial charge in [0.25, 0.3) is 0 Å². The van der Waals surface area contributed by atoms with Crippen LogP contribution < -0.4 is 5.32 Å². The van der Waals surface area contributed by atoms with Crippen molar-refractivity contribution in [2.45, 2.75) is 50.2 Å². The fourth-order valence-electron chi connectivity index (χ4n) is 1.51. The molecule has 0 amide bonds. The lowest BCUT2D eigenvalue weighted by molar-refractivity contribution is 0.235. The SMILES string of the molecule is CC(CNCC(C)(C)S)N(C)CC(C)(C)S. The lowest BCUT2D eigenvalue weighted by atomic mass is 10.1. The first-order chi connectivity index (χ1) is 7.01. The maximum Gasteiger partial charge on any atom is 0.0200 e. The van der Waals surface area contributed by atoms with Crippen molar-refractivity contribution in [2.75, 3.05) is 26.7 Å². The van der Waals surface area contributed by atoms with Crippen LogP contribution in [0.1, 0.15) is 34.6 Å². The number of nitrogens with one attached hydrogen (secondary N) is 1. The molecule has 0 spiro atoms. The lowest BCUT2D eigenvalue weighted by Crippen LogP contribution is -2.44. The minimum Gasteiger partial charge on any atom is -0.314 e. The molecule has 2 nitrogen and oxygen atoms in total. The Hall–Kier alpha value is 0.620. The predicted octanol–water partition coefficient (Wildman–Crippen LogP) is 2.31. The summed E-state index contributed by atoms with van der Waals surface area (Å²) in [5.74, 6) is 0. The molecule has 0 aromatic heterocycles. The Morgan fingerprint density at radius 1 is 1.12 bits per heavy atom. The molecule has 0 aliphatic carbocycles. The van der Waals surface area contributed by atoms with E-state index in [1.807, 2.05) is 0 Å². The highest BCUT2D eigenvalue weighted by molar-refractivity contribution is 7.82. The second-order valence-corrected chi connectivity index (χ2v) is 8.44. The van der Waals surface area contributed by atoms with Gasteiger partial charge in [-0.15, -0.1) is 0 Å². The Balaban J connectivity index is 3.84. The van der Waals surface area contributed by atoms with Gasteiger partial charge in [-0.1, -0.05) is 0 Å². The van der Waals surface area contributed by atoms with Crippen LogP contribution in [0.15, 0.2) is 0 Å². The first-order valence-corrected chi connectivity index (χ1v) is 6.76. The summed E-state index contributed by atoms with van der Waals surface area (Å²) in [6, 6.07) is 0.516. The molecule has 0 aliphatic rings. The number of hydrogen-bond acceptors (Lipinski definition) is 4. The van der Waals surface area contributed by atoms with Crippen LogP contribution in [0, 0.1) is 0 Å². The molecule has 0 saturated heterocycles. The normalized spacial score (nSPS) is 15.6. The van der Waals surface area contributed by atoms with Gasteiger partial charge in [0, 0.05) is 35.2 Å². The second-order valence-electron chi connectivity index (χ2n) is 6.02. The molecule has 4 heteroatoms. The van der Waals surface area contributed by atoms with Crippen molar-refractivity contribution < 1.29 is 0 Å². The fourth-order valence-corrected chi connectivity index (χ4v) is 1.84. The highest BCUT2D eigenvalue weighted by Crippen LogP contribution is 2.14. The Morgan fingerprint density at radius 3 is 2.00 bits per heavy atom. The van der Waals surface area contributed by atoms with Gasteiger partial charge in [-0.2, -0.15) is 25.3 Å². The van der Waals surface area contributed by atoms with Gasteiger partial charge in [0.15, 0.2) is 0 Å². The van der Waals surface area contributed by atoms with Gasteiger partial charge in [-0.25, -0.2) is 0 Å². The molecule has 0 radical (unpaired) electrons. The van der Waals surface area contributed by atoms with Crippen molar-refractivity contribution in [1.29, 1.82) is 0 Å². The van der Waals surface area contributed by atoms with E-state index < -0.39 is 0 Å². The van der Waals surface area contributed by atoms with Gasteiger partial charge in [0.1, 0.15) is 0 Å². The van der Waals surface area contributed by atoms with Crippen LogP contribution >= 0.6 is 25.3 Å². The second kappa shape index (κ2) is 6.53. The van der Waals surface area contributed by atoms with E-state index in [-0.39, 0.29) is 9.49 Å². The summed E-state index contributed by atoms with van der Waals surface area (Å²) in [4.78, 5) is 2.34. The van der Waals surface area contributed by atoms with Gasteiger partial charge in [0.05, 0.1) is 0 Å². The van der Waals surface area contributed by atoms with Crippen LogP contribution in [0.5, 0.6) is 0 Å². The Kier molecular flexibility index (Phi) is 6.78. The molecule has 0 aliphatic heterocycles. The Morgan fingerprint density at radius 2 is 1.62 bits per heavy atom. The summed E-state index contributed by atoms with van der Waals surface area (Å²) in [6.45, 7) is 13.7. The molecular formula is C12H28N2S2. The molecule has 16 heavy (non-hydrogen) atoms. The van der Waals surface area contributed by atoms with Crippen molar-refractivity contribution >= 4 is 25.3 Å². The molecule has 0 aromatic carbocycles. The van der Waals surface area contributed by atoms with Crippen LogP contribution in [0.4, 0.5) is 0 Å². The average Bonchev–Trinajstić information content (AvgIpc) is 1.98. The van der Waals surface area contributed by atoms with Crippen LogP contribution in [0.25, 0.3) is 0 Å². The third-order valence-electron chi connectivity index (χ3n) is 2.39. The first kappa shape index (κ1) is 16.6. The third kappa shape index (κ3) is 9.82. The predicted molar refractivity (Wildman–Crippen MR) is 81.1 cm³/mol. The summed E-state index contributed by atoms with van der Waals surface area (Å²) in [5, 5.41) is 3.45. The maximum atomic E-state index is 4.55. The molecular weight excluding hydrogens is 236 g/mol. The molecule has 1 N–H and O–H groups in total. The smallest absolute Gasteiger partial charge is 0.0200 e. The quantitative estimate of drug-likeness (QED) is 0.612. The van der Waals surface area contributed by atoms with Crippen molar-refractivity contribution in [3.05, 3.63) is 0 Å². The molecule has 0 rings (SSSR count). The maximum absolute atomic E-state index is 4.55. The van der Waals surface area contributed by atoms with E-state index in [9.17, 15) is 0 Å². The minimum absolute atomic E-state index is 0.0567. The average molecular weight is 265 g/mol. The number of thiol groups is 2. The standard InChI is InChI=1S/C12H28N2S2/c1-10(7-13-8-11(2,3)15)14(6)9-12(4,5)16/h10,13,15-16H,7-9H2,1-6H3. The summed E-state index contributed by atoms with van der Waals surface area (Å²) in [7, 11) is 2.15. The zero-order valence-electron chi connectivity index (χ0n) is 11.5. The molecule has 1 atom stereocenters. The molecule has 0 saturated carbocycles. The van der Waals surface area contributed by atoms with E-state index >= 15 is 0 Å². The zero-order valence-corrected chi connectivity index (χ0v) is 13.3. The van der Waals surface area contributed by atoms with E-state index in [1.54, 1.807) is 0 Å². The van der Waals surface area contributed by atoms with Crippen molar-refractivity contribution in [2.24, 2.45) is 0 Å². The largest absolute Gasteiger partial charge is 0.314 e. The van der Waals surface area contributed by atoms with Gasteiger partial charge < -0.3 is 10.2 Å². The van der Waals surface area contributed by atoms with E-state index in [0.29, 0.717) is 6.04 Å². The lowest BCUT2D eigenvalue weighted by Gasteiger charge is -2.31. The number of nitrogens with zero attached hydrogens (tertiary/aromatic N) is 1. The Labute approximate surface area is 112 Å². The highest BCUT2D eigenvalue weighted by Gasteiger charge is 2.18. The van der Waals surface area contributed by atoms with Gasteiger partial charge in [-0.05, 0) is 41.7 Å². The van der Waals surface area contributed by atoms with Gasteiger partial charge in [-0.3, -0.25) is 0 Å². The minimum atomic E-state index is 0.0567. The summed E-state index contributed by atoms with van der Waals surface area (Å²) < 4.78 is 0.118. The molecule has 0 heterocycles. The summed E-state index contributed by atoms with van der Waals surface area (Å²) >= 11 is 9.04. The monoisotopic (exact) mass is 264 g/mol. The topological polar surface area (TPSA) is 15.3 Å². The van der Waals surface area contributed by atoms with E-state index in [0.717, 1.165) is 19.6 Å². The molecule has 0 fully saturated rings. The molecule has 0 bridgehead atoms. The fraction of sp³-hybridized carbons (Fsp3) is 1.00.